The van der Waals surface area contributed by atoms with E-state index in [2.05, 4.69) is 41.4 Å². The Morgan fingerprint density at radius 2 is 2.29 bits per heavy atom. The van der Waals surface area contributed by atoms with Crippen LogP contribution in [0.3, 0.4) is 0 Å². The normalized spacial score (nSPS) is 24.6. The molecule has 2 aliphatic heterocycles. The van der Waals surface area contributed by atoms with Crippen LogP contribution in [0.4, 0.5) is 0 Å². The number of fused-ring (bicyclic) bond motifs is 1. The van der Waals surface area contributed by atoms with E-state index in [9.17, 15) is 4.79 Å². The number of carbonyl (C=O) groups is 1. The topological polar surface area (TPSA) is 32.3 Å². The lowest BCUT2D eigenvalue weighted by atomic mass is 9.99. The Morgan fingerprint density at radius 3 is 3.00 bits per heavy atom. The molecule has 0 radical (unpaired) electrons. The largest absolute Gasteiger partial charge is 0.342 e. The number of nitrogens with zero attached hydrogens (tertiary/aromatic N) is 1. The second-order valence-electron chi connectivity index (χ2n) is 6.01. The van der Waals surface area contributed by atoms with E-state index in [0.717, 1.165) is 32.6 Å². The first-order chi connectivity index (χ1) is 10.3. The second kappa shape index (κ2) is 6.84. The van der Waals surface area contributed by atoms with Crippen molar-refractivity contribution in [2.45, 2.75) is 36.3 Å². The van der Waals surface area contributed by atoms with Gasteiger partial charge in [-0.15, -0.1) is 11.8 Å². The van der Waals surface area contributed by atoms with E-state index < -0.39 is 0 Å². The van der Waals surface area contributed by atoms with Crippen molar-refractivity contribution >= 4 is 17.7 Å². The van der Waals surface area contributed by atoms with Crippen molar-refractivity contribution < 1.29 is 4.79 Å². The Labute approximate surface area is 131 Å². The van der Waals surface area contributed by atoms with Crippen LogP contribution in [-0.2, 0) is 11.2 Å². The number of piperidine rings is 1. The van der Waals surface area contributed by atoms with Crippen LogP contribution < -0.4 is 5.32 Å². The summed E-state index contributed by atoms with van der Waals surface area (Å²) in [6, 6.07) is 8.41. The fourth-order valence-electron chi connectivity index (χ4n) is 3.29. The minimum Gasteiger partial charge on any atom is -0.342 e. The molecule has 114 valence electrons. The summed E-state index contributed by atoms with van der Waals surface area (Å²) in [5, 5.41) is 3.53. The van der Waals surface area contributed by atoms with Gasteiger partial charge in [0.05, 0.1) is 5.25 Å². The molecule has 0 saturated carbocycles. The fraction of sp³-hybridized carbons (Fsp3) is 0.588. The van der Waals surface area contributed by atoms with Crippen molar-refractivity contribution in [1.29, 1.82) is 0 Å². The molecule has 0 bridgehead atoms. The molecule has 0 spiro atoms. The van der Waals surface area contributed by atoms with Gasteiger partial charge in [0.15, 0.2) is 0 Å². The van der Waals surface area contributed by atoms with Crippen LogP contribution in [-0.4, -0.2) is 42.2 Å². The summed E-state index contributed by atoms with van der Waals surface area (Å²) >= 11 is 1.74. The predicted molar refractivity (Wildman–Crippen MR) is 87.6 cm³/mol. The highest BCUT2D eigenvalue weighted by molar-refractivity contribution is 8.01. The van der Waals surface area contributed by atoms with Crippen LogP contribution >= 0.6 is 11.8 Å². The molecule has 1 saturated heterocycles. The molecule has 0 aliphatic carbocycles. The van der Waals surface area contributed by atoms with Gasteiger partial charge in [-0.25, -0.2) is 0 Å². The first kappa shape index (κ1) is 14.9. The van der Waals surface area contributed by atoms with Crippen LogP contribution in [0, 0.1) is 5.92 Å². The molecule has 0 aromatic heterocycles. The van der Waals surface area contributed by atoms with Crippen LogP contribution in [0.2, 0.25) is 0 Å². The van der Waals surface area contributed by atoms with Crippen LogP contribution in [0.15, 0.2) is 29.2 Å². The summed E-state index contributed by atoms with van der Waals surface area (Å²) in [6.07, 6.45) is 3.37. The number of benzene rings is 1. The molecule has 1 fully saturated rings. The van der Waals surface area contributed by atoms with Crippen molar-refractivity contribution in [3.8, 4) is 0 Å². The molecule has 21 heavy (non-hydrogen) atoms. The zero-order valence-corrected chi connectivity index (χ0v) is 13.5. The number of hydrogen-bond donors (Lipinski definition) is 1. The van der Waals surface area contributed by atoms with Gasteiger partial charge in [-0.2, -0.15) is 0 Å². The summed E-state index contributed by atoms with van der Waals surface area (Å²) in [7, 11) is 0. The van der Waals surface area contributed by atoms with E-state index in [0.29, 0.717) is 11.8 Å². The highest BCUT2D eigenvalue weighted by Gasteiger charge is 2.31. The van der Waals surface area contributed by atoms with Crippen LogP contribution in [0.1, 0.15) is 25.3 Å². The van der Waals surface area contributed by atoms with Crippen LogP contribution in [0.5, 0.6) is 0 Å². The molecular weight excluding hydrogens is 280 g/mol. The highest BCUT2D eigenvalue weighted by atomic mass is 32.2. The standard InChI is InChI=1S/C17H24N2OS/c1-2-19(12-13-6-5-9-18-11-13)17(20)16-10-14-7-3-4-8-15(14)21-16/h3-4,7-8,13,16,18H,2,5-6,9-12H2,1H3. The molecule has 1 aromatic rings. The summed E-state index contributed by atoms with van der Waals surface area (Å²) in [4.78, 5) is 16.2. The van der Waals surface area contributed by atoms with Crippen molar-refractivity contribution in [1.82, 2.24) is 10.2 Å². The number of carbonyl (C=O) groups excluding carboxylic acids is 1. The molecule has 1 amide bonds. The minimum atomic E-state index is 0.0823. The van der Waals surface area contributed by atoms with Gasteiger partial charge in [-0.05, 0) is 56.8 Å². The third kappa shape index (κ3) is 3.43. The summed E-state index contributed by atoms with van der Waals surface area (Å²) in [5.41, 5.74) is 1.33. The third-order valence-corrected chi connectivity index (χ3v) is 5.80. The fourth-order valence-corrected chi connectivity index (χ4v) is 4.57. The molecule has 2 unspecified atom stereocenters. The monoisotopic (exact) mass is 304 g/mol. The van der Waals surface area contributed by atoms with Gasteiger partial charge in [-0.1, -0.05) is 18.2 Å². The smallest absolute Gasteiger partial charge is 0.236 e. The van der Waals surface area contributed by atoms with E-state index >= 15 is 0 Å². The number of amides is 1. The van der Waals surface area contributed by atoms with Crippen molar-refractivity contribution in [2.24, 2.45) is 5.92 Å². The quantitative estimate of drug-likeness (QED) is 0.928. The summed E-state index contributed by atoms with van der Waals surface area (Å²) in [6.45, 7) is 6.02. The first-order valence-electron chi connectivity index (χ1n) is 8.02. The van der Waals surface area contributed by atoms with Gasteiger partial charge >= 0.3 is 0 Å². The lowest BCUT2D eigenvalue weighted by molar-refractivity contribution is -0.131. The molecule has 2 atom stereocenters. The third-order valence-electron chi connectivity index (χ3n) is 4.49. The van der Waals surface area contributed by atoms with Crippen molar-refractivity contribution in [3.63, 3.8) is 0 Å². The Bertz CT molecular complexity index is 474. The first-order valence-corrected chi connectivity index (χ1v) is 8.90. The maximum absolute atomic E-state index is 12.8. The van der Waals surface area contributed by atoms with Gasteiger partial charge in [0, 0.05) is 18.0 Å². The maximum atomic E-state index is 12.8. The Kier molecular flexibility index (Phi) is 4.86. The second-order valence-corrected chi connectivity index (χ2v) is 7.25. The lowest BCUT2D eigenvalue weighted by Gasteiger charge is -2.30. The molecule has 4 heteroatoms. The van der Waals surface area contributed by atoms with E-state index in [1.165, 1.54) is 23.3 Å². The molecule has 2 heterocycles. The SMILES string of the molecule is CCN(CC1CCCNC1)C(=O)C1Cc2ccccc2S1. The minimum absolute atomic E-state index is 0.0823. The predicted octanol–water partition coefficient (Wildman–Crippen LogP) is 2.55. The van der Waals surface area contributed by atoms with Crippen molar-refractivity contribution in [3.05, 3.63) is 29.8 Å². The van der Waals surface area contributed by atoms with E-state index in [1.54, 1.807) is 11.8 Å². The zero-order valence-electron chi connectivity index (χ0n) is 12.7. The van der Waals surface area contributed by atoms with Gasteiger partial charge in [0.1, 0.15) is 0 Å². The molecule has 3 rings (SSSR count). The van der Waals surface area contributed by atoms with Gasteiger partial charge in [0.25, 0.3) is 0 Å². The Morgan fingerprint density at radius 1 is 1.43 bits per heavy atom. The average molecular weight is 304 g/mol. The van der Waals surface area contributed by atoms with E-state index in [-0.39, 0.29) is 5.25 Å². The number of nitrogens with one attached hydrogen (secondary N) is 1. The molecule has 2 aliphatic rings. The summed E-state index contributed by atoms with van der Waals surface area (Å²) in [5.74, 6) is 0.945. The van der Waals surface area contributed by atoms with Gasteiger partial charge in [-0.3, -0.25) is 4.79 Å². The van der Waals surface area contributed by atoms with E-state index in [4.69, 9.17) is 0 Å². The summed E-state index contributed by atoms with van der Waals surface area (Å²) < 4.78 is 0. The number of hydrogen-bond acceptors (Lipinski definition) is 3. The zero-order chi connectivity index (χ0) is 14.7. The Balaban J connectivity index is 1.61. The maximum Gasteiger partial charge on any atom is 0.236 e. The van der Waals surface area contributed by atoms with Gasteiger partial charge in [0.2, 0.25) is 5.91 Å². The lowest BCUT2D eigenvalue weighted by Crippen LogP contribution is -2.44. The number of thioether (sulfide) groups is 1. The van der Waals surface area contributed by atoms with Crippen molar-refractivity contribution in [2.75, 3.05) is 26.2 Å². The Hall–Kier alpha value is -1.00. The number of rotatable bonds is 4. The molecule has 3 nitrogen and oxygen atoms in total. The highest BCUT2D eigenvalue weighted by Crippen LogP contribution is 2.37. The molecular formula is C17H24N2OS. The van der Waals surface area contributed by atoms with E-state index in [1.807, 2.05) is 0 Å². The van der Waals surface area contributed by atoms with Gasteiger partial charge < -0.3 is 10.2 Å². The molecule has 1 aromatic carbocycles. The average Bonchev–Trinajstić information content (AvgIpc) is 2.97. The molecule has 1 N–H and O–H groups in total. The van der Waals surface area contributed by atoms with Crippen LogP contribution in [0.25, 0.3) is 0 Å².